The van der Waals surface area contributed by atoms with Crippen LogP contribution in [0.5, 0.6) is 0 Å². The number of aromatic nitrogens is 2. The number of H-pyrrole nitrogens is 1. The highest BCUT2D eigenvalue weighted by Crippen LogP contribution is 2.32. The average Bonchev–Trinajstić information content (AvgIpc) is 3.18. The van der Waals surface area contributed by atoms with E-state index in [-0.39, 0.29) is 5.91 Å². The normalized spacial score (nSPS) is 14.8. The summed E-state index contributed by atoms with van der Waals surface area (Å²) in [6, 6.07) is 8.58. The van der Waals surface area contributed by atoms with Crippen LogP contribution in [0.4, 0.5) is 0 Å². The van der Waals surface area contributed by atoms with E-state index in [9.17, 15) is 4.79 Å². The highest BCUT2D eigenvalue weighted by atomic mass is 79.9. The first-order chi connectivity index (χ1) is 11.7. The summed E-state index contributed by atoms with van der Waals surface area (Å²) in [5.74, 6) is -0.115. The number of aromatic amines is 1. The van der Waals surface area contributed by atoms with Crippen LogP contribution in [0.15, 0.2) is 28.7 Å². The largest absolute Gasteiger partial charge is 0.354 e. The number of fused-ring (bicyclic) bond motifs is 2. The Morgan fingerprint density at radius 2 is 2.38 bits per heavy atom. The summed E-state index contributed by atoms with van der Waals surface area (Å²) in [6.07, 6.45) is 0.850. The SMILES string of the molecule is CNC(=O)c1n[nH]c2c1CCN(Cc1cc3c(Br)cccc3s1)C2. The van der Waals surface area contributed by atoms with Gasteiger partial charge in [0, 0.05) is 51.7 Å². The van der Waals surface area contributed by atoms with Gasteiger partial charge in [-0.3, -0.25) is 14.8 Å². The molecule has 0 radical (unpaired) electrons. The van der Waals surface area contributed by atoms with Gasteiger partial charge in [-0.2, -0.15) is 5.10 Å². The van der Waals surface area contributed by atoms with Crippen molar-refractivity contribution in [1.29, 1.82) is 0 Å². The minimum absolute atomic E-state index is 0.115. The number of halogens is 1. The summed E-state index contributed by atoms with van der Waals surface area (Å²) < 4.78 is 2.45. The molecule has 0 spiro atoms. The Labute approximate surface area is 152 Å². The van der Waals surface area contributed by atoms with Crippen molar-refractivity contribution in [2.24, 2.45) is 0 Å². The molecule has 2 N–H and O–H groups in total. The van der Waals surface area contributed by atoms with Gasteiger partial charge < -0.3 is 5.32 Å². The van der Waals surface area contributed by atoms with E-state index in [1.807, 2.05) is 11.3 Å². The van der Waals surface area contributed by atoms with Crippen LogP contribution in [0.25, 0.3) is 10.1 Å². The Kier molecular flexibility index (Phi) is 4.15. The number of amides is 1. The third-order valence-electron chi connectivity index (χ3n) is 4.39. The molecule has 24 heavy (non-hydrogen) atoms. The quantitative estimate of drug-likeness (QED) is 0.703. The van der Waals surface area contributed by atoms with Crippen LogP contribution in [0.2, 0.25) is 0 Å². The lowest BCUT2D eigenvalue weighted by atomic mass is 10.0. The number of carbonyl (C=O) groups is 1. The molecule has 0 bridgehead atoms. The first kappa shape index (κ1) is 15.8. The van der Waals surface area contributed by atoms with E-state index in [2.05, 4.69) is 60.6 Å². The Bertz CT molecular complexity index is 917. The topological polar surface area (TPSA) is 61.0 Å². The second-order valence-corrected chi connectivity index (χ2v) is 7.96. The predicted molar refractivity (Wildman–Crippen MR) is 99.3 cm³/mol. The van der Waals surface area contributed by atoms with Crippen molar-refractivity contribution in [1.82, 2.24) is 20.4 Å². The molecule has 0 saturated carbocycles. The van der Waals surface area contributed by atoms with Gasteiger partial charge in [-0.05, 0) is 24.6 Å². The molecule has 5 nitrogen and oxygen atoms in total. The zero-order valence-corrected chi connectivity index (χ0v) is 15.6. The highest BCUT2D eigenvalue weighted by molar-refractivity contribution is 9.10. The monoisotopic (exact) mass is 404 g/mol. The smallest absolute Gasteiger partial charge is 0.271 e. The number of nitrogens with one attached hydrogen (secondary N) is 2. The first-order valence-corrected chi connectivity index (χ1v) is 9.44. The maximum atomic E-state index is 11.8. The zero-order chi connectivity index (χ0) is 16.7. The molecule has 3 heterocycles. The summed E-state index contributed by atoms with van der Waals surface area (Å²) in [6.45, 7) is 2.65. The van der Waals surface area contributed by atoms with Crippen LogP contribution in [0.3, 0.4) is 0 Å². The molecule has 1 aliphatic heterocycles. The Balaban J connectivity index is 1.53. The van der Waals surface area contributed by atoms with Crippen LogP contribution in [0.1, 0.15) is 26.6 Å². The van der Waals surface area contributed by atoms with Gasteiger partial charge in [-0.25, -0.2) is 0 Å². The molecule has 0 unspecified atom stereocenters. The van der Waals surface area contributed by atoms with Gasteiger partial charge in [0.05, 0.1) is 5.69 Å². The predicted octanol–water partition coefficient (Wildman–Crippen LogP) is 3.30. The summed E-state index contributed by atoms with van der Waals surface area (Å²) in [5, 5.41) is 11.2. The zero-order valence-electron chi connectivity index (χ0n) is 13.2. The van der Waals surface area contributed by atoms with Gasteiger partial charge >= 0.3 is 0 Å². The summed E-state index contributed by atoms with van der Waals surface area (Å²) >= 11 is 5.46. The van der Waals surface area contributed by atoms with Gasteiger partial charge in [-0.15, -0.1) is 11.3 Å². The molecule has 0 atom stereocenters. The van der Waals surface area contributed by atoms with Crippen LogP contribution in [-0.2, 0) is 19.5 Å². The number of hydrogen-bond donors (Lipinski definition) is 2. The number of hydrogen-bond acceptors (Lipinski definition) is 4. The van der Waals surface area contributed by atoms with Crippen LogP contribution >= 0.6 is 27.3 Å². The number of rotatable bonds is 3. The van der Waals surface area contributed by atoms with E-state index in [0.717, 1.165) is 41.8 Å². The van der Waals surface area contributed by atoms with Gasteiger partial charge in [0.15, 0.2) is 5.69 Å². The van der Waals surface area contributed by atoms with Crippen molar-refractivity contribution in [2.45, 2.75) is 19.5 Å². The summed E-state index contributed by atoms with van der Waals surface area (Å²) in [5.41, 5.74) is 2.66. The Morgan fingerprint density at radius 1 is 1.50 bits per heavy atom. The van der Waals surface area contributed by atoms with Gasteiger partial charge in [0.1, 0.15) is 0 Å². The molecule has 1 aromatic carbocycles. The average molecular weight is 405 g/mol. The molecule has 0 aliphatic carbocycles. The van der Waals surface area contributed by atoms with E-state index in [4.69, 9.17) is 0 Å². The number of thiophene rings is 1. The molecule has 0 fully saturated rings. The molecular formula is C17H17BrN4OS. The number of benzene rings is 1. The van der Waals surface area contributed by atoms with E-state index < -0.39 is 0 Å². The van der Waals surface area contributed by atoms with E-state index in [1.54, 1.807) is 7.05 Å². The van der Waals surface area contributed by atoms with Crippen molar-refractivity contribution in [3.63, 3.8) is 0 Å². The van der Waals surface area contributed by atoms with Crippen molar-refractivity contribution >= 4 is 43.3 Å². The van der Waals surface area contributed by atoms with Crippen molar-refractivity contribution in [3.8, 4) is 0 Å². The fraction of sp³-hybridized carbons (Fsp3) is 0.294. The number of carbonyl (C=O) groups excluding carboxylic acids is 1. The standard InChI is InChI=1S/C17H17BrN4OS/c1-19-17(23)16-11-5-6-22(9-14(11)20-21-16)8-10-7-12-13(18)3-2-4-15(12)24-10/h2-4,7H,5-6,8-9H2,1H3,(H,19,23)(H,20,21). The molecular weight excluding hydrogens is 388 g/mol. The van der Waals surface area contributed by atoms with Gasteiger partial charge in [0.2, 0.25) is 0 Å². The van der Waals surface area contributed by atoms with Crippen LogP contribution in [0, 0.1) is 0 Å². The van der Waals surface area contributed by atoms with Crippen molar-refractivity contribution in [3.05, 3.63) is 50.6 Å². The van der Waals surface area contributed by atoms with E-state index in [1.165, 1.54) is 15.0 Å². The molecule has 124 valence electrons. The lowest BCUT2D eigenvalue weighted by Crippen LogP contribution is -2.30. The van der Waals surface area contributed by atoms with Crippen molar-refractivity contribution < 1.29 is 4.79 Å². The molecule has 1 aliphatic rings. The summed E-state index contributed by atoms with van der Waals surface area (Å²) in [7, 11) is 1.64. The Hall–Kier alpha value is -1.70. The highest BCUT2D eigenvalue weighted by Gasteiger charge is 2.25. The van der Waals surface area contributed by atoms with Gasteiger partial charge in [0.25, 0.3) is 5.91 Å². The van der Waals surface area contributed by atoms with Crippen molar-refractivity contribution in [2.75, 3.05) is 13.6 Å². The van der Waals surface area contributed by atoms with E-state index >= 15 is 0 Å². The van der Waals surface area contributed by atoms with Gasteiger partial charge in [-0.1, -0.05) is 22.0 Å². The number of nitrogens with zero attached hydrogens (tertiary/aromatic N) is 2. The minimum atomic E-state index is -0.115. The fourth-order valence-electron chi connectivity index (χ4n) is 3.19. The molecule has 2 aromatic heterocycles. The molecule has 4 rings (SSSR count). The van der Waals surface area contributed by atoms with Crippen LogP contribution in [-0.4, -0.2) is 34.6 Å². The third kappa shape index (κ3) is 2.76. The fourth-order valence-corrected chi connectivity index (χ4v) is 4.94. The lowest BCUT2D eigenvalue weighted by Gasteiger charge is -2.26. The second-order valence-electron chi connectivity index (χ2n) is 5.93. The molecule has 7 heteroatoms. The maximum Gasteiger partial charge on any atom is 0.271 e. The maximum absolute atomic E-state index is 11.8. The van der Waals surface area contributed by atoms with Crippen LogP contribution < -0.4 is 5.32 Å². The second kappa shape index (κ2) is 6.31. The third-order valence-corrected chi connectivity index (χ3v) is 6.17. The molecule has 1 amide bonds. The molecule has 3 aromatic rings. The minimum Gasteiger partial charge on any atom is -0.354 e. The Morgan fingerprint density at radius 3 is 3.17 bits per heavy atom. The molecule has 0 saturated heterocycles. The first-order valence-electron chi connectivity index (χ1n) is 7.83. The summed E-state index contributed by atoms with van der Waals surface area (Å²) in [4.78, 5) is 15.6. The lowest BCUT2D eigenvalue weighted by molar-refractivity contribution is 0.0956. The van der Waals surface area contributed by atoms with E-state index in [0.29, 0.717) is 5.69 Å².